The summed E-state index contributed by atoms with van der Waals surface area (Å²) in [5.74, 6) is 0.107. The van der Waals surface area contributed by atoms with Crippen LogP contribution in [0.3, 0.4) is 0 Å². The third kappa shape index (κ3) is 2.97. The highest BCUT2D eigenvalue weighted by Crippen LogP contribution is 2.33. The van der Waals surface area contributed by atoms with E-state index in [0.717, 1.165) is 19.4 Å². The number of carbonyl (C=O) groups is 1. The second-order valence-electron chi connectivity index (χ2n) is 5.14. The first-order chi connectivity index (χ1) is 8.15. The van der Waals surface area contributed by atoms with E-state index in [9.17, 15) is 9.90 Å². The largest absolute Gasteiger partial charge is 0.393 e. The lowest BCUT2D eigenvalue weighted by atomic mass is 9.84. The molecule has 0 radical (unpaired) electrons. The van der Waals surface area contributed by atoms with Crippen molar-refractivity contribution < 1.29 is 14.6 Å². The summed E-state index contributed by atoms with van der Waals surface area (Å²) in [6.45, 7) is 2.40. The normalized spacial score (nSPS) is 34.0. The van der Waals surface area contributed by atoms with Gasteiger partial charge in [0.25, 0.3) is 0 Å². The number of hydrogen-bond acceptors (Lipinski definition) is 4. The van der Waals surface area contributed by atoms with Crippen LogP contribution in [0.15, 0.2) is 0 Å². The highest BCUT2D eigenvalue weighted by Gasteiger charge is 2.41. The van der Waals surface area contributed by atoms with Gasteiger partial charge in [-0.2, -0.15) is 0 Å². The fourth-order valence-electron chi connectivity index (χ4n) is 2.88. The standard InChI is InChI=1S/C12H22N2O3/c13-5-2-11(16)14-6-1-4-12(9-14)8-10(15)3-7-17-12/h10,15H,1-9,13H2. The Morgan fingerprint density at radius 3 is 3.12 bits per heavy atom. The van der Waals surface area contributed by atoms with Crippen LogP contribution in [0.5, 0.6) is 0 Å². The maximum atomic E-state index is 11.8. The van der Waals surface area contributed by atoms with Gasteiger partial charge < -0.3 is 20.5 Å². The first-order valence-electron chi connectivity index (χ1n) is 6.45. The smallest absolute Gasteiger partial charge is 0.223 e. The van der Waals surface area contributed by atoms with Gasteiger partial charge in [0, 0.05) is 39.1 Å². The van der Waals surface area contributed by atoms with Crippen molar-refractivity contribution in [2.24, 2.45) is 5.73 Å². The van der Waals surface area contributed by atoms with Crippen LogP contribution in [0.25, 0.3) is 0 Å². The maximum Gasteiger partial charge on any atom is 0.223 e. The van der Waals surface area contributed by atoms with E-state index < -0.39 is 0 Å². The molecule has 0 aromatic carbocycles. The molecule has 5 nitrogen and oxygen atoms in total. The molecule has 2 aliphatic heterocycles. The Morgan fingerprint density at radius 2 is 2.41 bits per heavy atom. The Balaban J connectivity index is 1.98. The van der Waals surface area contributed by atoms with Crippen LogP contribution in [-0.2, 0) is 9.53 Å². The number of hydrogen-bond donors (Lipinski definition) is 2. The monoisotopic (exact) mass is 242 g/mol. The molecule has 2 saturated heterocycles. The van der Waals surface area contributed by atoms with E-state index in [1.165, 1.54) is 0 Å². The van der Waals surface area contributed by atoms with Crippen molar-refractivity contribution in [2.45, 2.75) is 43.8 Å². The third-order valence-electron chi connectivity index (χ3n) is 3.72. The molecule has 2 atom stereocenters. The summed E-state index contributed by atoms with van der Waals surface area (Å²) in [5, 5.41) is 9.75. The van der Waals surface area contributed by atoms with E-state index in [1.807, 2.05) is 4.90 Å². The fourth-order valence-corrected chi connectivity index (χ4v) is 2.88. The molecule has 2 heterocycles. The van der Waals surface area contributed by atoms with Gasteiger partial charge in [0.2, 0.25) is 5.91 Å². The van der Waals surface area contributed by atoms with Gasteiger partial charge in [0.15, 0.2) is 0 Å². The molecule has 1 spiro atoms. The van der Waals surface area contributed by atoms with Gasteiger partial charge in [-0.15, -0.1) is 0 Å². The van der Waals surface area contributed by atoms with Gasteiger partial charge in [0.1, 0.15) is 0 Å². The van der Waals surface area contributed by atoms with Crippen LogP contribution >= 0.6 is 0 Å². The zero-order valence-corrected chi connectivity index (χ0v) is 10.2. The highest BCUT2D eigenvalue weighted by molar-refractivity contribution is 5.76. The lowest BCUT2D eigenvalue weighted by Crippen LogP contribution is -2.55. The Hall–Kier alpha value is -0.650. The van der Waals surface area contributed by atoms with Crippen molar-refractivity contribution in [3.05, 3.63) is 0 Å². The summed E-state index contributed by atoms with van der Waals surface area (Å²) < 4.78 is 5.85. The van der Waals surface area contributed by atoms with Crippen LogP contribution in [0.2, 0.25) is 0 Å². The van der Waals surface area contributed by atoms with Gasteiger partial charge in [0.05, 0.1) is 11.7 Å². The molecule has 2 aliphatic rings. The predicted molar refractivity (Wildman–Crippen MR) is 63.4 cm³/mol. The minimum absolute atomic E-state index is 0.107. The van der Waals surface area contributed by atoms with Crippen molar-refractivity contribution in [3.63, 3.8) is 0 Å². The summed E-state index contributed by atoms with van der Waals surface area (Å²) in [6.07, 6.45) is 3.36. The topological polar surface area (TPSA) is 75.8 Å². The van der Waals surface area contributed by atoms with Crippen LogP contribution < -0.4 is 5.73 Å². The number of ether oxygens (including phenoxy) is 1. The summed E-state index contributed by atoms with van der Waals surface area (Å²) in [5.41, 5.74) is 5.10. The number of amides is 1. The lowest BCUT2D eigenvalue weighted by Gasteiger charge is -2.46. The average molecular weight is 242 g/mol. The van der Waals surface area contributed by atoms with Crippen molar-refractivity contribution in [2.75, 3.05) is 26.2 Å². The maximum absolute atomic E-state index is 11.8. The first-order valence-corrected chi connectivity index (χ1v) is 6.45. The number of aliphatic hydroxyl groups is 1. The molecule has 0 aromatic heterocycles. The zero-order valence-electron chi connectivity index (χ0n) is 10.2. The SMILES string of the molecule is NCCC(=O)N1CCCC2(CC(O)CCO2)C1. The second-order valence-corrected chi connectivity index (χ2v) is 5.14. The minimum Gasteiger partial charge on any atom is -0.393 e. The average Bonchev–Trinajstić information content (AvgIpc) is 2.29. The Kier molecular flexibility index (Phi) is 4.01. The molecule has 5 heteroatoms. The van der Waals surface area contributed by atoms with Gasteiger partial charge in [-0.25, -0.2) is 0 Å². The second kappa shape index (κ2) is 5.33. The molecule has 98 valence electrons. The van der Waals surface area contributed by atoms with Crippen LogP contribution in [0, 0.1) is 0 Å². The molecule has 0 saturated carbocycles. The summed E-state index contributed by atoms with van der Waals surface area (Å²) in [6, 6.07) is 0. The third-order valence-corrected chi connectivity index (χ3v) is 3.72. The summed E-state index contributed by atoms with van der Waals surface area (Å²) in [7, 11) is 0. The predicted octanol–water partition coefficient (Wildman–Crippen LogP) is -0.132. The van der Waals surface area contributed by atoms with Gasteiger partial charge >= 0.3 is 0 Å². The number of piperidine rings is 1. The molecule has 1 amide bonds. The summed E-state index contributed by atoms with van der Waals surface area (Å²) >= 11 is 0. The quantitative estimate of drug-likeness (QED) is 0.707. The molecule has 3 N–H and O–H groups in total. The fraction of sp³-hybridized carbons (Fsp3) is 0.917. The van der Waals surface area contributed by atoms with Crippen molar-refractivity contribution in [1.82, 2.24) is 4.90 Å². The van der Waals surface area contributed by atoms with Crippen LogP contribution in [0.4, 0.5) is 0 Å². The lowest BCUT2D eigenvalue weighted by molar-refractivity contribution is -0.160. The molecule has 17 heavy (non-hydrogen) atoms. The van der Waals surface area contributed by atoms with Crippen molar-refractivity contribution >= 4 is 5.91 Å². The Bertz CT molecular complexity index is 281. The molecule has 2 rings (SSSR count). The van der Waals surface area contributed by atoms with E-state index in [4.69, 9.17) is 10.5 Å². The van der Waals surface area contributed by atoms with Crippen LogP contribution in [-0.4, -0.2) is 53.9 Å². The molecular weight excluding hydrogens is 220 g/mol. The van der Waals surface area contributed by atoms with E-state index in [1.54, 1.807) is 0 Å². The number of rotatable bonds is 2. The van der Waals surface area contributed by atoms with E-state index in [-0.39, 0.29) is 17.6 Å². The molecule has 0 aromatic rings. The molecule has 0 aliphatic carbocycles. The van der Waals surface area contributed by atoms with Gasteiger partial charge in [-0.05, 0) is 19.3 Å². The Morgan fingerprint density at radius 1 is 1.59 bits per heavy atom. The van der Waals surface area contributed by atoms with Crippen LogP contribution in [0.1, 0.15) is 32.1 Å². The highest BCUT2D eigenvalue weighted by atomic mass is 16.5. The minimum atomic E-state index is -0.305. The van der Waals surface area contributed by atoms with E-state index in [0.29, 0.717) is 39.0 Å². The van der Waals surface area contributed by atoms with Gasteiger partial charge in [-0.1, -0.05) is 0 Å². The summed E-state index contributed by atoms with van der Waals surface area (Å²) in [4.78, 5) is 13.7. The molecule has 2 unspecified atom stereocenters. The molecule has 2 fully saturated rings. The Labute approximate surface area is 102 Å². The number of nitrogens with zero attached hydrogens (tertiary/aromatic N) is 1. The van der Waals surface area contributed by atoms with Gasteiger partial charge in [-0.3, -0.25) is 4.79 Å². The number of nitrogens with two attached hydrogens (primary N) is 1. The molecule has 0 bridgehead atoms. The van der Waals surface area contributed by atoms with E-state index in [2.05, 4.69) is 0 Å². The zero-order chi connectivity index (χ0) is 12.3. The number of carbonyl (C=O) groups excluding carboxylic acids is 1. The number of aliphatic hydroxyl groups excluding tert-OH is 1. The van der Waals surface area contributed by atoms with Crippen molar-refractivity contribution in [1.29, 1.82) is 0 Å². The first kappa shape index (κ1) is 12.8. The van der Waals surface area contributed by atoms with E-state index >= 15 is 0 Å². The van der Waals surface area contributed by atoms with Crippen molar-refractivity contribution in [3.8, 4) is 0 Å². The molecular formula is C12H22N2O3. The number of likely N-dealkylation sites (tertiary alicyclic amines) is 1.